The molecule has 0 unspecified atom stereocenters. The summed E-state index contributed by atoms with van der Waals surface area (Å²) in [5, 5.41) is 8.71. The van der Waals surface area contributed by atoms with Crippen molar-refractivity contribution in [3.63, 3.8) is 0 Å². The Morgan fingerprint density at radius 2 is 1.78 bits per heavy atom. The van der Waals surface area contributed by atoms with Gasteiger partial charge in [0.15, 0.2) is 0 Å². The fourth-order valence-corrected chi connectivity index (χ4v) is 2.45. The molecule has 2 aromatic rings. The summed E-state index contributed by atoms with van der Waals surface area (Å²) in [6.45, 7) is 1.94. The number of halogens is 1. The molecule has 0 atom stereocenters. The van der Waals surface area contributed by atoms with Gasteiger partial charge in [0.2, 0.25) is 0 Å². The normalized spacial score (nSPS) is 10.1. The first-order valence-electron chi connectivity index (χ1n) is 5.69. The number of rotatable bonds is 3. The van der Waals surface area contributed by atoms with Crippen molar-refractivity contribution in [1.82, 2.24) is 0 Å². The molecule has 0 saturated carbocycles. The van der Waals surface area contributed by atoms with Gasteiger partial charge in [-0.05, 0) is 48.4 Å². The Morgan fingerprint density at radius 3 is 2.33 bits per heavy atom. The molecule has 2 rings (SSSR count). The minimum Gasteiger partial charge on any atom is -0.207 e. The van der Waals surface area contributed by atoms with Crippen LogP contribution >= 0.6 is 11.8 Å². The highest BCUT2D eigenvalue weighted by Gasteiger charge is 2.03. The molecule has 0 radical (unpaired) electrons. The molecular weight excluding hydrogens is 245 g/mol. The number of nitrogens with zero attached hydrogens (tertiary/aromatic N) is 1. The van der Waals surface area contributed by atoms with E-state index < -0.39 is 0 Å². The van der Waals surface area contributed by atoms with Crippen LogP contribution in [0.3, 0.4) is 0 Å². The highest BCUT2D eigenvalue weighted by Crippen LogP contribution is 2.29. The molecule has 0 N–H and O–H groups in total. The Labute approximate surface area is 110 Å². The summed E-state index contributed by atoms with van der Waals surface area (Å²) < 4.78 is 13.6. The molecule has 0 aliphatic rings. The van der Waals surface area contributed by atoms with E-state index in [1.165, 1.54) is 11.8 Å². The van der Waals surface area contributed by atoms with Crippen molar-refractivity contribution in [2.45, 2.75) is 23.1 Å². The lowest BCUT2D eigenvalue weighted by atomic mass is 10.2. The van der Waals surface area contributed by atoms with Crippen LogP contribution in [0, 0.1) is 17.1 Å². The van der Waals surface area contributed by atoms with E-state index in [9.17, 15) is 4.39 Å². The minimum absolute atomic E-state index is 0.156. The van der Waals surface area contributed by atoms with Gasteiger partial charge < -0.3 is 0 Å². The largest absolute Gasteiger partial charge is 0.207 e. The van der Waals surface area contributed by atoms with E-state index in [-0.39, 0.29) is 5.82 Å². The van der Waals surface area contributed by atoms with Crippen LogP contribution < -0.4 is 0 Å². The maximum Gasteiger partial charge on any atom is 0.127 e. The topological polar surface area (TPSA) is 23.8 Å². The Morgan fingerprint density at radius 1 is 1.11 bits per heavy atom. The average Bonchev–Trinajstić information content (AvgIpc) is 2.40. The van der Waals surface area contributed by atoms with Crippen LogP contribution in [0.5, 0.6) is 0 Å². The Bertz CT molecular complexity index is 584. The van der Waals surface area contributed by atoms with E-state index in [0.717, 1.165) is 15.4 Å². The van der Waals surface area contributed by atoms with Gasteiger partial charge in [0.25, 0.3) is 0 Å². The van der Waals surface area contributed by atoms with Gasteiger partial charge in [-0.2, -0.15) is 5.26 Å². The smallest absolute Gasteiger partial charge is 0.127 e. The number of hydrogen-bond donors (Lipinski definition) is 0. The van der Waals surface area contributed by atoms with E-state index in [4.69, 9.17) is 5.26 Å². The maximum atomic E-state index is 13.6. The van der Waals surface area contributed by atoms with Crippen LogP contribution in [0.15, 0.2) is 52.3 Å². The molecule has 0 aliphatic heterocycles. The third-order valence-electron chi connectivity index (χ3n) is 2.62. The molecule has 0 amide bonds. The zero-order valence-corrected chi connectivity index (χ0v) is 10.8. The molecule has 90 valence electrons. The van der Waals surface area contributed by atoms with Gasteiger partial charge in [0, 0.05) is 9.79 Å². The van der Waals surface area contributed by atoms with Crippen molar-refractivity contribution in [3.05, 3.63) is 59.4 Å². The molecule has 2 aromatic carbocycles. The van der Waals surface area contributed by atoms with Gasteiger partial charge in [-0.1, -0.05) is 24.8 Å². The van der Waals surface area contributed by atoms with Gasteiger partial charge in [-0.25, -0.2) is 4.39 Å². The third-order valence-corrected chi connectivity index (χ3v) is 3.62. The number of hydrogen-bond acceptors (Lipinski definition) is 2. The summed E-state index contributed by atoms with van der Waals surface area (Å²) in [6.07, 6.45) is 0.702. The first-order chi connectivity index (χ1) is 8.72. The summed E-state index contributed by atoms with van der Waals surface area (Å²) in [6, 6.07) is 14.6. The molecule has 0 fully saturated rings. The van der Waals surface area contributed by atoms with Crippen molar-refractivity contribution < 1.29 is 4.39 Å². The minimum atomic E-state index is -0.156. The summed E-state index contributed by atoms with van der Waals surface area (Å²) >= 11 is 1.49. The van der Waals surface area contributed by atoms with Crippen LogP contribution in [0.2, 0.25) is 0 Å². The highest BCUT2D eigenvalue weighted by molar-refractivity contribution is 7.99. The summed E-state index contributed by atoms with van der Waals surface area (Å²) in [7, 11) is 0. The fraction of sp³-hybridized carbons (Fsp3) is 0.133. The molecule has 0 saturated heterocycles. The zero-order chi connectivity index (χ0) is 13.0. The Balaban J connectivity index is 2.18. The van der Waals surface area contributed by atoms with Crippen molar-refractivity contribution in [2.24, 2.45) is 0 Å². The molecule has 0 spiro atoms. The third kappa shape index (κ3) is 2.91. The summed E-state index contributed by atoms with van der Waals surface area (Å²) in [5.74, 6) is -0.156. The molecule has 0 aromatic heterocycles. The predicted molar refractivity (Wildman–Crippen MR) is 71.1 cm³/mol. The van der Waals surface area contributed by atoms with E-state index in [0.29, 0.717) is 12.0 Å². The highest BCUT2D eigenvalue weighted by atomic mass is 32.2. The summed E-state index contributed by atoms with van der Waals surface area (Å²) in [5.41, 5.74) is 1.37. The van der Waals surface area contributed by atoms with Crippen molar-refractivity contribution in [2.75, 3.05) is 0 Å². The van der Waals surface area contributed by atoms with Crippen LogP contribution in [0.4, 0.5) is 4.39 Å². The second-order valence-corrected chi connectivity index (χ2v) is 4.99. The number of aryl methyl sites for hydroxylation is 1. The second-order valence-electron chi connectivity index (χ2n) is 3.85. The van der Waals surface area contributed by atoms with Gasteiger partial charge in [0.05, 0.1) is 11.6 Å². The summed E-state index contributed by atoms with van der Waals surface area (Å²) in [4.78, 5) is 1.87. The number of benzene rings is 2. The monoisotopic (exact) mass is 257 g/mol. The van der Waals surface area contributed by atoms with E-state index in [2.05, 4.69) is 6.07 Å². The second kappa shape index (κ2) is 5.70. The van der Waals surface area contributed by atoms with Crippen molar-refractivity contribution >= 4 is 11.8 Å². The fourth-order valence-electron chi connectivity index (χ4n) is 1.61. The van der Waals surface area contributed by atoms with E-state index >= 15 is 0 Å². The van der Waals surface area contributed by atoms with Gasteiger partial charge in [0.1, 0.15) is 5.82 Å². The first-order valence-corrected chi connectivity index (χ1v) is 6.51. The van der Waals surface area contributed by atoms with E-state index in [1.807, 2.05) is 31.2 Å². The zero-order valence-electron chi connectivity index (χ0n) is 9.98. The molecule has 1 nitrogen and oxygen atoms in total. The van der Waals surface area contributed by atoms with E-state index in [1.54, 1.807) is 18.2 Å². The lowest BCUT2D eigenvalue weighted by Gasteiger charge is -2.04. The van der Waals surface area contributed by atoms with Crippen LogP contribution in [-0.2, 0) is 6.42 Å². The van der Waals surface area contributed by atoms with Crippen LogP contribution in [0.25, 0.3) is 0 Å². The van der Waals surface area contributed by atoms with Crippen LogP contribution in [-0.4, -0.2) is 0 Å². The van der Waals surface area contributed by atoms with Gasteiger partial charge >= 0.3 is 0 Å². The van der Waals surface area contributed by atoms with Crippen molar-refractivity contribution in [3.8, 4) is 6.07 Å². The Hall–Kier alpha value is -1.79. The maximum absolute atomic E-state index is 13.6. The predicted octanol–water partition coefficient (Wildman–Crippen LogP) is 4.41. The van der Waals surface area contributed by atoms with Gasteiger partial charge in [-0.15, -0.1) is 0 Å². The quantitative estimate of drug-likeness (QED) is 0.813. The lowest BCUT2D eigenvalue weighted by Crippen LogP contribution is -1.87. The molecule has 18 heavy (non-hydrogen) atoms. The molecule has 0 aliphatic carbocycles. The SMILES string of the molecule is CCc1ccc(Sc2ccc(C#N)cc2)cc1F. The molecule has 3 heteroatoms. The first kappa shape index (κ1) is 12.7. The lowest BCUT2D eigenvalue weighted by molar-refractivity contribution is 0.608. The molecular formula is C15H12FNS. The Kier molecular flexibility index (Phi) is 4.01. The molecule has 0 bridgehead atoms. The number of nitriles is 1. The van der Waals surface area contributed by atoms with Crippen LogP contribution in [0.1, 0.15) is 18.1 Å². The molecule has 0 heterocycles. The van der Waals surface area contributed by atoms with Gasteiger partial charge in [-0.3, -0.25) is 0 Å². The average molecular weight is 257 g/mol. The standard InChI is InChI=1S/C15H12FNS/c1-2-12-5-8-14(9-15(12)16)18-13-6-3-11(10-17)4-7-13/h3-9H,2H2,1H3. The van der Waals surface area contributed by atoms with Crippen molar-refractivity contribution in [1.29, 1.82) is 5.26 Å².